The molecule has 298 valence electrons. The van der Waals surface area contributed by atoms with Crippen molar-refractivity contribution in [3.63, 3.8) is 0 Å². The van der Waals surface area contributed by atoms with Crippen LogP contribution >= 0.6 is 23.4 Å². The summed E-state index contributed by atoms with van der Waals surface area (Å²) < 4.78 is 31.1. The van der Waals surface area contributed by atoms with E-state index in [0.717, 1.165) is 17.9 Å². The van der Waals surface area contributed by atoms with Crippen molar-refractivity contribution in [1.82, 2.24) is 30.0 Å². The molecule has 1 aromatic heterocycles. The summed E-state index contributed by atoms with van der Waals surface area (Å²) >= 11 is 7.29. The van der Waals surface area contributed by atoms with Crippen molar-refractivity contribution in [3.05, 3.63) is 76.8 Å². The minimum absolute atomic E-state index is 0.00762. The molecule has 2 N–H and O–H groups in total. The Morgan fingerprint density at radius 1 is 1.02 bits per heavy atom. The summed E-state index contributed by atoms with van der Waals surface area (Å²) in [6, 6.07) is 11.8. The molecule has 0 spiro atoms. The summed E-state index contributed by atoms with van der Waals surface area (Å²) in [5, 5.41) is 6.05. The minimum atomic E-state index is -1.03. The van der Waals surface area contributed by atoms with Crippen LogP contribution in [-0.2, 0) is 19.1 Å². The maximum Gasteiger partial charge on any atom is 0.263 e. The fourth-order valence-corrected chi connectivity index (χ4v) is 8.02. The normalized spacial score (nSPS) is 17.2. The monoisotopic (exact) mass is 819 g/mol. The average Bonchev–Trinajstić information content (AvgIpc) is 3.46. The first-order valence-corrected chi connectivity index (χ1v) is 19.7. The van der Waals surface area contributed by atoms with E-state index in [9.17, 15) is 28.4 Å². The Hall–Kier alpha value is -5.36. The van der Waals surface area contributed by atoms with Gasteiger partial charge in [-0.15, -0.1) is 11.8 Å². The van der Waals surface area contributed by atoms with Gasteiger partial charge in [0.15, 0.2) is 11.5 Å². The van der Waals surface area contributed by atoms with Crippen molar-refractivity contribution < 1.29 is 42.6 Å². The Bertz CT molecular complexity index is 2220. The highest BCUT2D eigenvalue weighted by Gasteiger charge is 2.45. The number of benzene rings is 3. The van der Waals surface area contributed by atoms with Crippen LogP contribution < -0.4 is 20.1 Å². The largest absolute Gasteiger partial charge is 0.493 e. The van der Waals surface area contributed by atoms with Crippen molar-refractivity contribution >= 4 is 75.3 Å². The molecule has 1 atom stereocenters. The molecule has 18 heteroatoms. The Morgan fingerprint density at radius 3 is 2.61 bits per heavy atom. The molecule has 5 amide bonds. The molecule has 0 saturated carbocycles. The predicted octanol–water partition coefficient (Wildman–Crippen LogP) is 4.30. The van der Waals surface area contributed by atoms with Crippen molar-refractivity contribution in [2.75, 3.05) is 70.7 Å². The van der Waals surface area contributed by atoms with E-state index in [1.807, 2.05) is 6.07 Å². The van der Waals surface area contributed by atoms with E-state index >= 15 is 0 Å². The maximum absolute atomic E-state index is 13.7. The van der Waals surface area contributed by atoms with Gasteiger partial charge >= 0.3 is 0 Å². The van der Waals surface area contributed by atoms with E-state index < -0.39 is 35.5 Å². The van der Waals surface area contributed by atoms with Gasteiger partial charge in [0.25, 0.3) is 11.8 Å². The van der Waals surface area contributed by atoms with Gasteiger partial charge in [0, 0.05) is 66.9 Å². The van der Waals surface area contributed by atoms with Gasteiger partial charge in [0.05, 0.1) is 42.0 Å². The van der Waals surface area contributed by atoms with Crippen molar-refractivity contribution in [2.24, 2.45) is 0 Å². The summed E-state index contributed by atoms with van der Waals surface area (Å²) in [7, 11) is 1.56. The number of carbonyl (C=O) groups is 5. The molecule has 3 aromatic carbocycles. The number of imide groups is 2. The Morgan fingerprint density at radius 2 is 1.84 bits per heavy atom. The number of nitrogens with zero attached hydrogens (tertiary/aromatic N) is 5. The molecule has 2 saturated heterocycles. The number of aromatic nitrogens is 2. The molecule has 3 aliphatic heterocycles. The Kier molecular flexibility index (Phi) is 12.5. The van der Waals surface area contributed by atoms with E-state index in [1.54, 1.807) is 42.3 Å². The second-order valence-electron chi connectivity index (χ2n) is 13.4. The molecule has 57 heavy (non-hydrogen) atoms. The van der Waals surface area contributed by atoms with E-state index in [1.165, 1.54) is 30.2 Å². The van der Waals surface area contributed by atoms with Crippen LogP contribution in [0.5, 0.6) is 11.5 Å². The third kappa shape index (κ3) is 8.96. The SMILES string of the molecule is COc1cc2ncnc(Nc3ccc(F)c(Cl)c3)c2cc1OCCCN1CCN(C(=O)COCCSc2cccc3c2C(=O)N(C2CCC(=O)NC2=O)C3=O)CC1. The molecule has 0 bridgehead atoms. The van der Waals surface area contributed by atoms with Crippen LogP contribution in [0.3, 0.4) is 0 Å². The van der Waals surface area contributed by atoms with Gasteiger partial charge in [-0.3, -0.25) is 39.1 Å². The number of anilines is 2. The third-order valence-corrected chi connectivity index (χ3v) is 11.2. The number of halogens is 2. The van der Waals surface area contributed by atoms with Gasteiger partial charge < -0.3 is 24.4 Å². The quantitative estimate of drug-likeness (QED) is 0.0990. The average molecular weight is 820 g/mol. The summed E-state index contributed by atoms with van der Waals surface area (Å²) in [4.78, 5) is 77.6. The highest BCUT2D eigenvalue weighted by Crippen LogP contribution is 2.36. The van der Waals surface area contributed by atoms with Crippen LogP contribution in [0.2, 0.25) is 5.02 Å². The fraction of sp³-hybridized carbons (Fsp3) is 0.359. The van der Waals surface area contributed by atoms with Crippen molar-refractivity contribution in [1.29, 1.82) is 0 Å². The second kappa shape index (κ2) is 17.8. The summed E-state index contributed by atoms with van der Waals surface area (Å²) in [6.45, 7) is 3.93. The molecule has 2 fully saturated rings. The lowest BCUT2D eigenvalue weighted by atomic mass is 10.0. The molecule has 15 nitrogen and oxygen atoms in total. The van der Waals surface area contributed by atoms with Crippen LogP contribution in [0.4, 0.5) is 15.9 Å². The highest BCUT2D eigenvalue weighted by molar-refractivity contribution is 7.99. The lowest BCUT2D eigenvalue weighted by Crippen LogP contribution is -2.54. The minimum Gasteiger partial charge on any atom is -0.493 e. The highest BCUT2D eigenvalue weighted by atomic mass is 35.5. The lowest BCUT2D eigenvalue weighted by Gasteiger charge is -2.34. The van der Waals surface area contributed by atoms with Gasteiger partial charge in [-0.2, -0.15) is 0 Å². The summed E-state index contributed by atoms with van der Waals surface area (Å²) in [6.07, 6.45) is 2.30. The lowest BCUT2D eigenvalue weighted by molar-refractivity contribution is -0.138. The van der Waals surface area contributed by atoms with Gasteiger partial charge in [-0.25, -0.2) is 14.4 Å². The van der Waals surface area contributed by atoms with Gasteiger partial charge in [-0.05, 0) is 49.2 Å². The first-order chi connectivity index (χ1) is 27.6. The topological polar surface area (TPSA) is 173 Å². The predicted molar refractivity (Wildman–Crippen MR) is 209 cm³/mol. The number of hydrogen-bond donors (Lipinski definition) is 2. The number of hydrogen-bond acceptors (Lipinski definition) is 13. The number of nitrogens with one attached hydrogen (secondary N) is 2. The molecule has 1 unspecified atom stereocenters. The number of methoxy groups -OCH3 is 1. The van der Waals surface area contributed by atoms with E-state index in [-0.39, 0.29) is 48.1 Å². The molecule has 3 aliphatic rings. The molecule has 4 aromatic rings. The zero-order chi connectivity index (χ0) is 40.1. The number of amides is 5. The smallest absolute Gasteiger partial charge is 0.263 e. The van der Waals surface area contributed by atoms with Crippen LogP contribution in [0.15, 0.2) is 59.8 Å². The number of ether oxygens (including phenoxy) is 3. The standard InChI is InChI=1S/C39H39ClFN7O8S/c1-54-30-20-28-25(36(43-22-42-28)44-23-6-7-27(41)26(40)18-23)19-31(30)56-15-3-10-46-11-13-47(14-12-46)34(50)21-55-16-17-57-32-5-2-4-24-35(32)39(53)48(38(24)52)29-8-9-33(49)45-37(29)51/h2,4-7,18-20,22,29H,3,8-17,21H2,1H3,(H,42,43,44)(H,45,49,51). The zero-order valence-corrected chi connectivity index (χ0v) is 32.5. The fourth-order valence-electron chi connectivity index (χ4n) is 6.90. The molecule has 7 rings (SSSR count). The van der Waals surface area contributed by atoms with E-state index in [4.69, 9.17) is 25.8 Å². The van der Waals surface area contributed by atoms with E-state index in [0.29, 0.717) is 77.3 Å². The summed E-state index contributed by atoms with van der Waals surface area (Å²) in [5.74, 6) is -0.832. The summed E-state index contributed by atoms with van der Waals surface area (Å²) in [5.41, 5.74) is 1.66. The third-order valence-electron chi connectivity index (χ3n) is 9.84. The number of piperazine rings is 1. The van der Waals surface area contributed by atoms with Gasteiger partial charge in [0.2, 0.25) is 17.7 Å². The van der Waals surface area contributed by atoms with Crippen LogP contribution in [-0.4, -0.2) is 126 Å². The Balaban J connectivity index is 0.824. The molecule has 0 aliphatic carbocycles. The van der Waals surface area contributed by atoms with Gasteiger partial charge in [-0.1, -0.05) is 17.7 Å². The first-order valence-electron chi connectivity index (χ1n) is 18.3. The van der Waals surface area contributed by atoms with Crippen LogP contribution in [0.25, 0.3) is 10.9 Å². The number of thioether (sulfide) groups is 1. The maximum atomic E-state index is 13.7. The van der Waals surface area contributed by atoms with Crippen molar-refractivity contribution in [2.45, 2.75) is 30.2 Å². The van der Waals surface area contributed by atoms with Crippen molar-refractivity contribution in [3.8, 4) is 11.5 Å². The van der Waals surface area contributed by atoms with Crippen LogP contribution in [0, 0.1) is 5.82 Å². The van der Waals surface area contributed by atoms with E-state index in [2.05, 4.69) is 25.5 Å². The number of carbonyl (C=O) groups excluding carboxylic acids is 5. The number of fused-ring (bicyclic) bond motifs is 2. The Labute approximate surface area is 336 Å². The molecular weight excluding hydrogens is 781 g/mol. The number of piperidine rings is 1. The first kappa shape index (κ1) is 39.9. The molecular formula is C39H39ClFN7O8S. The van der Waals surface area contributed by atoms with Crippen LogP contribution in [0.1, 0.15) is 40.0 Å². The zero-order valence-electron chi connectivity index (χ0n) is 30.9. The van der Waals surface area contributed by atoms with Gasteiger partial charge in [0.1, 0.15) is 30.6 Å². The molecule has 0 radical (unpaired) electrons. The number of rotatable bonds is 15. The molecule has 4 heterocycles. The second-order valence-corrected chi connectivity index (χ2v) is 15.0.